The Morgan fingerprint density at radius 3 is 1.38 bits per heavy atom. The van der Waals surface area contributed by atoms with Crippen LogP contribution in [-0.4, -0.2) is 24.9 Å². The van der Waals surface area contributed by atoms with Gasteiger partial charge < -0.3 is 10.6 Å². The van der Waals surface area contributed by atoms with Gasteiger partial charge in [-0.25, -0.2) is 41.9 Å². The van der Waals surface area contributed by atoms with Crippen molar-refractivity contribution in [2.45, 2.75) is 64.2 Å². The van der Waals surface area contributed by atoms with Gasteiger partial charge in [-0.3, -0.25) is 21.7 Å². The van der Waals surface area contributed by atoms with Crippen LogP contribution in [0.5, 0.6) is 0 Å². The van der Waals surface area contributed by atoms with Crippen molar-refractivity contribution in [2.24, 2.45) is 0 Å². The molecule has 2 aliphatic carbocycles. The van der Waals surface area contributed by atoms with Gasteiger partial charge in [-0.1, -0.05) is 25.0 Å². The van der Waals surface area contributed by atoms with Crippen LogP contribution in [0.2, 0.25) is 0 Å². The second kappa shape index (κ2) is 28.5. The number of hydrogen-bond acceptors (Lipinski definition) is 2. The molecule has 0 unspecified atom stereocenters. The maximum atomic E-state index is 13.2. The minimum Gasteiger partial charge on any atom is -0.356 e. The summed E-state index contributed by atoms with van der Waals surface area (Å²) in [5, 5.41) is 5.45. The van der Waals surface area contributed by atoms with E-state index in [0.29, 0.717) is 75.6 Å². The number of amides is 2. The Kier molecular flexibility index (Phi) is 26.2. The molecule has 0 aromatic heterocycles. The Labute approximate surface area is 292 Å². The summed E-state index contributed by atoms with van der Waals surface area (Å²) < 4.78 is 51.6. The smallest absolute Gasteiger partial charge is 0.356 e. The molecule has 4 nitrogen and oxygen atoms in total. The van der Waals surface area contributed by atoms with Crippen LogP contribution in [0.15, 0.2) is 86.0 Å². The van der Waals surface area contributed by atoms with Crippen molar-refractivity contribution >= 4 is 11.8 Å². The minimum atomic E-state index is -0.700. The second-order valence-corrected chi connectivity index (χ2v) is 9.86. The normalized spacial score (nSPS) is 11.5. The number of carbonyl (C=O) groups excluding carboxylic acids is 2. The van der Waals surface area contributed by atoms with Crippen LogP contribution in [0.4, 0.5) is 17.6 Å². The summed E-state index contributed by atoms with van der Waals surface area (Å²) in [6.07, 6.45) is 27.6. The first kappa shape index (κ1) is 43.3. The van der Waals surface area contributed by atoms with Crippen LogP contribution in [0.1, 0.15) is 62.5 Å². The molecular weight excluding hydrogens is 640 g/mol. The molecule has 4 rings (SSSR count). The van der Waals surface area contributed by atoms with E-state index in [4.69, 9.17) is 0 Å². The predicted molar refractivity (Wildman–Crippen MR) is 175 cm³/mol. The molecule has 0 fully saturated rings. The van der Waals surface area contributed by atoms with Crippen molar-refractivity contribution in [2.75, 3.05) is 13.1 Å². The van der Waals surface area contributed by atoms with E-state index in [1.807, 2.05) is 36.4 Å². The largest absolute Gasteiger partial charge is 4.00 e. The fourth-order valence-electron chi connectivity index (χ4n) is 3.67. The second-order valence-electron chi connectivity index (χ2n) is 9.86. The number of nitrogens with one attached hydrogen (secondary N) is 2. The number of aryl methyl sites for hydroxylation is 2. The van der Waals surface area contributed by atoms with Gasteiger partial charge in [0, 0.05) is 49.2 Å². The molecule has 0 bridgehead atoms. The van der Waals surface area contributed by atoms with Crippen LogP contribution in [-0.2, 0) is 44.1 Å². The fourth-order valence-corrected chi connectivity index (χ4v) is 3.67. The van der Waals surface area contributed by atoms with Gasteiger partial charge in [0.2, 0.25) is 11.8 Å². The van der Waals surface area contributed by atoms with E-state index >= 15 is 0 Å². The summed E-state index contributed by atoms with van der Waals surface area (Å²) in [4.78, 5) is 22.5. The third-order valence-electron chi connectivity index (χ3n) is 6.10. The predicted octanol–water partition coefficient (Wildman–Crippen LogP) is 8.17. The number of benzene rings is 2. The van der Waals surface area contributed by atoms with E-state index in [0.717, 1.165) is 12.8 Å². The van der Waals surface area contributed by atoms with Crippen LogP contribution >= 0.6 is 0 Å². The fraction of sp³-hybridized carbons (Fsp3) is 0.316. The van der Waals surface area contributed by atoms with Gasteiger partial charge in [0.15, 0.2) is 0 Å². The Hall–Kier alpha value is -3.75. The number of hydrogen-bond donors (Lipinski definition) is 2. The van der Waals surface area contributed by atoms with Crippen molar-refractivity contribution in [1.82, 2.24) is 10.6 Å². The van der Waals surface area contributed by atoms with Crippen LogP contribution < -0.4 is 10.6 Å². The van der Waals surface area contributed by atoms with Crippen LogP contribution in [0, 0.1) is 47.6 Å². The molecule has 0 heterocycles. The molecule has 2 aromatic rings. The molecule has 2 N–H and O–H groups in total. The van der Waals surface area contributed by atoms with Crippen LogP contribution in [0.25, 0.3) is 0 Å². The average Bonchev–Trinajstić information content (AvgIpc) is 3.82. The van der Waals surface area contributed by atoms with E-state index in [9.17, 15) is 27.2 Å². The van der Waals surface area contributed by atoms with Crippen LogP contribution in [0.3, 0.4) is 0 Å². The molecule has 0 radical (unpaired) electrons. The molecule has 47 heavy (non-hydrogen) atoms. The summed E-state index contributed by atoms with van der Waals surface area (Å²) in [7, 11) is 0. The van der Waals surface area contributed by atoms with Gasteiger partial charge in [0.1, 0.15) is 0 Å². The molecule has 2 aliphatic rings. The number of halogens is 4. The Balaban J connectivity index is 0.000000681. The van der Waals surface area contributed by atoms with Crippen molar-refractivity contribution in [3.8, 4) is 0 Å². The Bertz CT molecular complexity index is 1220. The van der Waals surface area contributed by atoms with E-state index in [2.05, 4.69) is 48.1 Å². The maximum Gasteiger partial charge on any atom is 4.00 e. The Morgan fingerprint density at radius 1 is 0.702 bits per heavy atom. The quantitative estimate of drug-likeness (QED) is 0.0695. The third-order valence-corrected chi connectivity index (χ3v) is 6.10. The summed E-state index contributed by atoms with van der Waals surface area (Å²) in [6.45, 7) is 8.02. The Morgan fingerprint density at radius 2 is 1.11 bits per heavy atom. The molecule has 0 spiro atoms. The van der Waals surface area contributed by atoms with E-state index in [1.165, 1.54) is 24.3 Å². The molecule has 0 saturated heterocycles. The first-order valence-electron chi connectivity index (χ1n) is 15.2. The summed E-state index contributed by atoms with van der Waals surface area (Å²) in [5.74, 6) is -2.80. The van der Waals surface area contributed by atoms with Gasteiger partial charge in [-0.15, -0.1) is 61.4 Å². The zero-order chi connectivity index (χ0) is 33.8. The number of carbonyl (C=O) groups is 2. The van der Waals surface area contributed by atoms with Crippen molar-refractivity contribution in [3.63, 3.8) is 0 Å². The van der Waals surface area contributed by atoms with Crippen molar-refractivity contribution in [3.05, 3.63) is 145 Å². The van der Waals surface area contributed by atoms with Gasteiger partial charge in [-0.05, 0) is 25.7 Å². The molecule has 248 valence electrons. The standard InChI is InChI=1S/2C14H16F2NO.2C5H5.Ti/c2*1-2-3-6-14(18)17-9-4-5-11-7-8-12(15)10-13(11)16;2*1-2-4-5-3-1;/h2*2,7-8H,1,3-6,9H2,(H,17,18);2*1-3H,4H2;/q4*-1;+4. The van der Waals surface area contributed by atoms with E-state index in [-0.39, 0.29) is 33.5 Å². The summed E-state index contributed by atoms with van der Waals surface area (Å²) >= 11 is 0. The average molecular weight is 683 g/mol. The maximum absolute atomic E-state index is 13.2. The van der Waals surface area contributed by atoms with Gasteiger partial charge in [-0.2, -0.15) is 24.3 Å². The van der Waals surface area contributed by atoms with E-state index in [1.54, 1.807) is 12.2 Å². The van der Waals surface area contributed by atoms with Gasteiger partial charge in [0.05, 0.1) is 0 Å². The first-order valence-corrected chi connectivity index (χ1v) is 15.2. The topological polar surface area (TPSA) is 58.2 Å². The van der Waals surface area contributed by atoms with Gasteiger partial charge >= 0.3 is 21.7 Å². The zero-order valence-corrected chi connectivity index (χ0v) is 28.2. The summed E-state index contributed by atoms with van der Waals surface area (Å²) in [6, 6.07) is 9.14. The monoisotopic (exact) mass is 682 g/mol. The minimum absolute atomic E-state index is 0. The molecule has 0 aliphatic heterocycles. The first-order chi connectivity index (χ1) is 22.3. The SMILES string of the molecule is C=CCCC(=O)NCCCc1ccc(F)[c-]c1F.C=CCCC(=O)NCCCc1ccc(F)[c-]c1F.[C-]1=CC=CC1.[C-]1=CC=CC1.[Ti+4]. The molecule has 2 aromatic carbocycles. The number of allylic oxidation sites excluding steroid dienone is 10. The molecule has 0 saturated carbocycles. The third kappa shape index (κ3) is 23.3. The van der Waals surface area contributed by atoms with Crippen molar-refractivity contribution in [1.29, 1.82) is 0 Å². The molecule has 0 atom stereocenters. The summed E-state index contributed by atoms with van der Waals surface area (Å²) in [5.41, 5.74) is 0.827. The number of rotatable bonds is 14. The van der Waals surface area contributed by atoms with E-state index < -0.39 is 23.3 Å². The molecule has 2 amide bonds. The van der Waals surface area contributed by atoms with Gasteiger partial charge in [0.25, 0.3) is 0 Å². The van der Waals surface area contributed by atoms with Crippen molar-refractivity contribution < 1.29 is 48.9 Å². The molecular formula is C38H42F4N2O2Ti. The zero-order valence-electron chi connectivity index (χ0n) is 26.7. The molecule has 9 heteroatoms.